The molecule has 0 spiro atoms. The maximum Gasteiger partial charge on any atom is 0.410 e. The Bertz CT molecular complexity index is 944. The molecule has 1 aliphatic rings. The minimum absolute atomic E-state index is 0.365. The number of likely N-dealkylation sites (tertiary alicyclic amines) is 1. The Labute approximate surface area is 158 Å². The molecule has 1 saturated heterocycles. The molecule has 27 heavy (non-hydrogen) atoms. The molecule has 1 fully saturated rings. The zero-order chi connectivity index (χ0) is 18.6. The molecule has 0 atom stereocenters. The van der Waals surface area contributed by atoms with Crippen molar-refractivity contribution in [2.24, 2.45) is 5.73 Å². The average Bonchev–Trinajstić information content (AvgIpc) is 3.13. The minimum Gasteiger partial charge on any atom is -0.408 e. The summed E-state index contributed by atoms with van der Waals surface area (Å²) < 4.78 is 5.06. The summed E-state index contributed by atoms with van der Waals surface area (Å²) in [5.74, 6) is 1.12. The molecule has 3 aromatic rings. The van der Waals surface area contributed by atoms with Crippen molar-refractivity contribution in [3.05, 3.63) is 48.0 Å². The second-order valence-corrected chi connectivity index (χ2v) is 7.01. The number of carbonyl (C=O) groups excluding carboxylic acids is 1. The summed E-state index contributed by atoms with van der Waals surface area (Å²) >= 11 is 0. The van der Waals surface area contributed by atoms with Gasteiger partial charge >= 0.3 is 6.09 Å². The Balaban J connectivity index is 1.55. The SMILES string of the molecule is NC(=O)Oc1cccc2[nH]c(-c3cccc(CCN4CCCCC4)c3)nc12. The van der Waals surface area contributed by atoms with Crippen molar-refractivity contribution in [3.8, 4) is 17.1 Å². The van der Waals surface area contributed by atoms with E-state index in [0.29, 0.717) is 11.3 Å². The van der Waals surface area contributed by atoms with Crippen LogP contribution in [-0.2, 0) is 6.42 Å². The number of ether oxygens (including phenoxy) is 1. The van der Waals surface area contributed by atoms with E-state index in [4.69, 9.17) is 10.5 Å². The third-order valence-corrected chi connectivity index (χ3v) is 5.05. The molecule has 0 radical (unpaired) electrons. The maximum absolute atomic E-state index is 11.1. The number of nitrogens with one attached hydrogen (secondary N) is 1. The van der Waals surface area contributed by atoms with Gasteiger partial charge in [0.1, 0.15) is 11.3 Å². The van der Waals surface area contributed by atoms with Crippen molar-refractivity contribution < 1.29 is 9.53 Å². The number of nitrogens with two attached hydrogens (primary N) is 1. The van der Waals surface area contributed by atoms with Crippen LogP contribution in [-0.4, -0.2) is 40.6 Å². The summed E-state index contributed by atoms with van der Waals surface area (Å²) in [5.41, 5.74) is 8.87. The normalized spacial score (nSPS) is 15.1. The number of fused-ring (bicyclic) bond motifs is 1. The zero-order valence-electron chi connectivity index (χ0n) is 15.3. The fourth-order valence-electron chi connectivity index (χ4n) is 3.68. The summed E-state index contributed by atoms with van der Waals surface area (Å²) in [6, 6.07) is 13.8. The van der Waals surface area contributed by atoms with E-state index in [1.807, 2.05) is 12.1 Å². The van der Waals surface area contributed by atoms with Gasteiger partial charge in [-0.2, -0.15) is 0 Å². The lowest BCUT2D eigenvalue weighted by atomic mass is 10.1. The number of rotatable bonds is 5. The highest BCUT2D eigenvalue weighted by Gasteiger charge is 2.13. The Morgan fingerprint density at radius 2 is 1.96 bits per heavy atom. The van der Waals surface area contributed by atoms with Crippen molar-refractivity contribution in [1.29, 1.82) is 0 Å². The zero-order valence-corrected chi connectivity index (χ0v) is 15.3. The van der Waals surface area contributed by atoms with Crippen molar-refractivity contribution in [2.75, 3.05) is 19.6 Å². The fraction of sp³-hybridized carbons (Fsp3) is 0.333. The van der Waals surface area contributed by atoms with Crippen LogP contribution in [0.15, 0.2) is 42.5 Å². The molecule has 6 heteroatoms. The first-order valence-corrected chi connectivity index (χ1v) is 9.47. The molecule has 140 valence electrons. The molecule has 3 N–H and O–H groups in total. The molecule has 0 unspecified atom stereocenters. The second-order valence-electron chi connectivity index (χ2n) is 7.01. The van der Waals surface area contributed by atoms with E-state index in [9.17, 15) is 4.79 Å². The van der Waals surface area contributed by atoms with Gasteiger partial charge in [0, 0.05) is 12.1 Å². The van der Waals surface area contributed by atoms with Crippen molar-refractivity contribution in [3.63, 3.8) is 0 Å². The molecular formula is C21H24N4O2. The van der Waals surface area contributed by atoms with E-state index in [0.717, 1.165) is 29.9 Å². The lowest BCUT2D eigenvalue weighted by molar-refractivity contribution is 0.211. The van der Waals surface area contributed by atoms with Crippen LogP contribution in [0.4, 0.5) is 4.79 Å². The van der Waals surface area contributed by atoms with Gasteiger partial charge < -0.3 is 20.4 Å². The Hall–Kier alpha value is -2.86. The lowest BCUT2D eigenvalue weighted by Crippen LogP contribution is -2.31. The molecule has 1 aliphatic heterocycles. The molecule has 1 amide bonds. The van der Waals surface area contributed by atoms with Gasteiger partial charge in [-0.05, 0) is 56.1 Å². The molecule has 0 aliphatic carbocycles. The molecular weight excluding hydrogens is 340 g/mol. The third kappa shape index (κ3) is 4.11. The fourth-order valence-corrected chi connectivity index (χ4v) is 3.68. The number of imidazole rings is 1. The molecule has 0 saturated carbocycles. The van der Waals surface area contributed by atoms with Crippen LogP contribution in [0.25, 0.3) is 22.4 Å². The highest BCUT2D eigenvalue weighted by Crippen LogP contribution is 2.27. The smallest absolute Gasteiger partial charge is 0.408 e. The summed E-state index contributed by atoms with van der Waals surface area (Å²) in [7, 11) is 0. The number of aromatic nitrogens is 2. The molecule has 6 nitrogen and oxygen atoms in total. The first-order valence-electron chi connectivity index (χ1n) is 9.47. The first kappa shape index (κ1) is 17.5. The Kier molecular flexibility index (Phi) is 5.07. The number of primary amides is 1. The molecule has 2 heterocycles. The average molecular weight is 364 g/mol. The monoisotopic (exact) mass is 364 g/mol. The number of H-pyrrole nitrogens is 1. The highest BCUT2D eigenvalue weighted by atomic mass is 16.5. The topological polar surface area (TPSA) is 84.2 Å². The van der Waals surface area contributed by atoms with Crippen molar-refractivity contribution >= 4 is 17.1 Å². The molecule has 4 rings (SSSR count). The predicted octanol–water partition coefficient (Wildman–Crippen LogP) is 3.72. The van der Waals surface area contributed by atoms with Crippen LogP contribution >= 0.6 is 0 Å². The number of piperidine rings is 1. The van der Waals surface area contributed by atoms with Gasteiger partial charge in [0.25, 0.3) is 0 Å². The van der Waals surface area contributed by atoms with Gasteiger partial charge in [0.15, 0.2) is 5.75 Å². The second kappa shape index (κ2) is 7.80. The van der Waals surface area contributed by atoms with Crippen LogP contribution in [0.2, 0.25) is 0 Å². The van der Waals surface area contributed by atoms with Gasteiger partial charge in [-0.3, -0.25) is 0 Å². The number of benzene rings is 2. The standard InChI is InChI=1S/C21H24N4O2/c22-21(26)27-18-9-5-8-17-19(18)24-20(23-17)16-7-4-6-15(14-16)10-13-25-11-2-1-3-12-25/h4-9,14H,1-3,10-13H2,(H2,22,26)(H,23,24). The van der Waals surface area contributed by atoms with Crippen molar-refractivity contribution in [1.82, 2.24) is 14.9 Å². The predicted molar refractivity (Wildman–Crippen MR) is 106 cm³/mol. The third-order valence-electron chi connectivity index (χ3n) is 5.05. The minimum atomic E-state index is -0.841. The van der Waals surface area contributed by atoms with E-state index in [-0.39, 0.29) is 0 Å². The number of hydrogen-bond acceptors (Lipinski definition) is 4. The summed E-state index contributed by atoms with van der Waals surface area (Å²) in [4.78, 5) is 21.6. The Morgan fingerprint density at radius 3 is 2.78 bits per heavy atom. The number of carbonyl (C=O) groups is 1. The maximum atomic E-state index is 11.1. The van der Waals surface area contributed by atoms with Crippen LogP contribution in [0.5, 0.6) is 5.75 Å². The highest BCUT2D eigenvalue weighted by molar-refractivity contribution is 5.87. The summed E-state index contributed by atoms with van der Waals surface area (Å²) in [6.45, 7) is 3.53. The number of amides is 1. The van der Waals surface area contributed by atoms with Crippen molar-refractivity contribution in [2.45, 2.75) is 25.7 Å². The van der Waals surface area contributed by atoms with Gasteiger partial charge in [0.2, 0.25) is 0 Å². The quantitative estimate of drug-likeness (QED) is 0.723. The van der Waals surface area contributed by atoms with Crippen LogP contribution in [0.1, 0.15) is 24.8 Å². The summed E-state index contributed by atoms with van der Waals surface area (Å²) in [5, 5.41) is 0. The van der Waals surface area contributed by atoms with E-state index < -0.39 is 6.09 Å². The number of nitrogens with zero attached hydrogens (tertiary/aromatic N) is 2. The van der Waals surface area contributed by atoms with Crippen LogP contribution < -0.4 is 10.5 Å². The van der Waals surface area contributed by atoms with Gasteiger partial charge in [-0.25, -0.2) is 9.78 Å². The van der Waals surface area contributed by atoms with Crippen LogP contribution in [0, 0.1) is 0 Å². The van der Waals surface area contributed by atoms with E-state index in [2.05, 4.69) is 33.1 Å². The number of para-hydroxylation sites is 1. The van der Waals surface area contributed by atoms with E-state index >= 15 is 0 Å². The number of hydrogen-bond donors (Lipinski definition) is 2. The van der Waals surface area contributed by atoms with Gasteiger partial charge in [-0.1, -0.05) is 30.7 Å². The van der Waals surface area contributed by atoms with Gasteiger partial charge in [-0.15, -0.1) is 0 Å². The van der Waals surface area contributed by atoms with E-state index in [1.165, 1.54) is 37.9 Å². The molecule has 1 aromatic heterocycles. The Morgan fingerprint density at radius 1 is 1.15 bits per heavy atom. The largest absolute Gasteiger partial charge is 0.410 e. The van der Waals surface area contributed by atoms with Crippen LogP contribution in [0.3, 0.4) is 0 Å². The number of aromatic amines is 1. The molecule has 2 aromatic carbocycles. The molecule has 0 bridgehead atoms. The summed E-state index contributed by atoms with van der Waals surface area (Å²) in [6.07, 6.45) is 4.18. The lowest BCUT2D eigenvalue weighted by Gasteiger charge is -2.26. The van der Waals surface area contributed by atoms with E-state index in [1.54, 1.807) is 12.1 Å². The first-order chi connectivity index (χ1) is 13.2. The van der Waals surface area contributed by atoms with Gasteiger partial charge in [0.05, 0.1) is 5.52 Å².